The Balaban J connectivity index is 2.13. The zero-order valence-electron chi connectivity index (χ0n) is 13.9. The third-order valence-corrected chi connectivity index (χ3v) is 6.24. The smallest absolute Gasteiger partial charge is 0.109 e. The molecule has 0 aliphatic rings. The molecule has 2 aromatic rings. The Morgan fingerprint density at radius 2 is 1.76 bits per heavy atom. The first kappa shape index (κ1) is 16.6. The maximum absolute atomic E-state index is 4.75. The van der Waals surface area contributed by atoms with E-state index in [0.717, 1.165) is 10.7 Å². The van der Waals surface area contributed by atoms with E-state index in [4.69, 9.17) is 4.98 Å². The van der Waals surface area contributed by atoms with Crippen molar-refractivity contribution in [2.45, 2.75) is 66.0 Å². The van der Waals surface area contributed by atoms with Crippen LogP contribution < -0.4 is 5.32 Å². The van der Waals surface area contributed by atoms with Gasteiger partial charge in [0.15, 0.2) is 0 Å². The van der Waals surface area contributed by atoms with Crippen molar-refractivity contribution in [1.29, 1.82) is 0 Å². The minimum Gasteiger partial charge on any atom is -0.301 e. The summed E-state index contributed by atoms with van der Waals surface area (Å²) in [7, 11) is 0. The highest BCUT2D eigenvalue weighted by molar-refractivity contribution is 7.12. The second-order valence-corrected chi connectivity index (χ2v) is 8.93. The molecule has 0 aromatic carbocycles. The van der Waals surface area contributed by atoms with Gasteiger partial charge in [-0.1, -0.05) is 20.8 Å². The highest BCUT2D eigenvalue weighted by Gasteiger charge is 2.23. The Morgan fingerprint density at radius 3 is 2.24 bits per heavy atom. The summed E-state index contributed by atoms with van der Waals surface area (Å²) in [6.45, 7) is 15.2. The van der Waals surface area contributed by atoms with Crippen LogP contribution in [0.15, 0.2) is 6.20 Å². The predicted molar refractivity (Wildman–Crippen MR) is 92.4 cm³/mol. The van der Waals surface area contributed by atoms with E-state index in [1.54, 1.807) is 11.3 Å². The maximum Gasteiger partial charge on any atom is 0.109 e. The Labute approximate surface area is 135 Å². The molecule has 2 heterocycles. The number of thiazole rings is 2. The van der Waals surface area contributed by atoms with Gasteiger partial charge < -0.3 is 5.32 Å². The molecule has 2 aromatic heterocycles. The second-order valence-electron chi connectivity index (χ2n) is 6.64. The quantitative estimate of drug-likeness (QED) is 0.867. The van der Waals surface area contributed by atoms with Crippen LogP contribution in [0.4, 0.5) is 0 Å². The molecule has 1 N–H and O–H groups in total. The molecule has 21 heavy (non-hydrogen) atoms. The average Bonchev–Trinajstić information content (AvgIpc) is 2.94. The summed E-state index contributed by atoms with van der Waals surface area (Å²) in [5, 5.41) is 6.01. The number of nitrogens with zero attached hydrogens (tertiary/aromatic N) is 2. The molecule has 0 saturated heterocycles. The summed E-state index contributed by atoms with van der Waals surface area (Å²) in [4.78, 5) is 11.8. The van der Waals surface area contributed by atoms with E-state index in [-0.39, 0.29) is 17.5 Å². The molecule has 0 aliphatic heterocycles. The Bertz CT molecular complexity index is 607. The van der Waals surface area contributed by atoms with Gasteiger partial charge in [-0.3, -0.25) is 0 Å². The number of aryl methyl sites for hydroxylation is 2. The molecule has 5 heteroatoms. The van der Waals surface area contributed by atoms with E-state index in [9.17, 15) is 0 Å². The van der Waals surface area contributed by atoms with Gasteiger partial charge >= 0.3 is 0 Å². The first-order valence-electron chi connectivity index (χ1n) is 7.34. The molecule has 0 spiro atoms. The van der Waals surface area contributed by atoms with Gasteiger partial charge in [0.05, 0.1) is 16.7 Å². The van der Waals surface area contributed by atoms with Gasteiger partial charge in [-0.15, -0.1) is 22.7 Å². The van der Waals surface area contributed by atoms with E-state index in [0.29, 0.717) is 0 Å². The van der Waals surface area contributed by atoms with Crippen LogP contribution in [0, 0.1) is 13.8 Å². The highest BCUT2D eigenvalue weighted by Crippen LogP contribution is 2.33. The second kappa shape index (κ2) is 6.15. The van der Waals surface area contributed by atoms with Gasteiger partial charge in [-0.2, -0.15) is 0 Å². The fourth-order valence-corrected chi connectivity index (χ4v) is 4.15. The molecule has 0 bridgehead atoms. The first-order valence-corrected chi connectivity index (χ1v) is 8.98. The standard InChI is InChI=1S/C16H25N3S2/c1-9-8-17-14(20-9)12(4)18-10(2)13-11(3)19-15(21-13)16(5,6)7/h8,10,12,18H,1-7H3. The summed E-state index contributed by atoms with van der Waals surface area (Å²) in [5.41, 5.74) is 1.26. The summed E-state index contributed by atoms with van der Waals surface area (Å²) in [6, 6.07) is 0.552. The third-order valence-electron chi connectivity index (χ3n) is 3.38. The molecular weight excluding hydrogens is 298 g/mol. The van der Waals surface area contributed by atoms with E-state index in [2.05, 4.69) is 58.8 Å². The van der Waals surface area contributed by atoms with Crippen LogP contribution in [0.25, 0.3) is 0 Å². The van der Waals surface area contributed by atoms with Crippen molar-refractivity contribution in [3.05, 3.63) is 31.7 Å². The zero-order valence-corrected chi connectivity index (χ0v) is 15.6. The topological polar surface area (TPSA) is 37.8 Å². The van der Waals surface area contributed by atoms with E-state index >= 15 is 0 Å². The van der Waals surface area contributed by atoms with Crippen LogP contribution in [0.2, 0.25) is 0 Å². The molecule has 2 unspecified atom stereocenters. The molecule has 2 rings (SSSR count). The van der Waals surface area contributed by atoms with Crippen LogP contribution in [-0.2, 0) is 5.41 Å². The van der Waals surface area contributed by atoms with Crippen molar-refractivity contribution in [3.63, 3.8) is 0 Å². The van der Waals surface area contributed by atoms with Crippen LogP contribution >= 0.6 is 22.7 Å². The average molecular weight is 324 g/mol. The summed E-state index contributed by atoms with van der Waals surface area (Å²) >= 11 is 3.59. The molecule has 2 atom stereocenters. The Kier molecular flexibility index (Phi) is 4.85. The molecule has 116 valence electrons. The van der Waals surface area contributed by atoms with Crippen molar-refractivity contribution < 1.29 is 0 Å². The van der Waals surface area contributed by atoms with Crippen LogP contribution in [0.1, 0.15) is 72.2 Å². The van der Waals surface area contributed by atoms with E-state index < -0.39 is 0 Å². The monoisotopic (exact) mass is 323 g/mol. The first-order chi connectivity index (χ1) is 9.68. The fraction of sp³-hybridized carbons (Fsp3) is 0.625. The summed E-state index contributed by atoms with van der Waals surface area (Å²) < 4.78 is 0. The fourth-order valence-electron chi connectivity index (χ4n) is 2.23. The molecule has 0 saturated carbocycles. The van der Waals surface area contributed by atoms with Crippen molar-refractivity contribution in [3.8, 4) is 0 Å². The van der Waals surface area contributed by atoms with Gasteiger partial charge in [-0.05, 0) is 27.7 Å². The highest BCUT2D eigenvalue weighted by atomic mass is 32.1. The van der Waals surface area contributed by atoms with Crippen LogP contribution in [0.5, 0.6) is 0 Å². The third kappa shape index (κ3) is 3.90. The maximum atomic E-state index is 4.75. The van der Waals surface area contributed by atoms with Gasteiger partial charge in [-0.25, -0.2) is 9.97 Å². The van der Waals surface area contributed by atoms with E-state index in [1.807, 2.05) is 17.5 Å². The summed E-state index contributed by atoms with van der Waals surface area (Å²) in [6.07, 6.45) is 1.94. The van der Waals surface area contributed by atoms with Gasteiger partial charge in [0, 0.05) is 27.4 Å². The van der Waals surface area contributed by atoms with Crippen LogP contribution in [0.3, 0.4) is 0 Å². The van der Waals surface area contributed by atoms with Crippen molar-refractivity contribution in [2.75, 3.05) is 0 Å². The van der Waals surface area contributed by atoms with Gasteiger partial charge in [0.25, 0.3) is 0 Å². The lowest BCUT2D eigenvalue weighted by molar-refractivity contribution is 0.496. The van der Waals surface area contributed by atoms with Gasteiger partial charge in [0.2, 0.25) is 0 Å². The number of hydrogen-bond donors (Lipinski definition) is 1. The zero-order chi connectivity index (χ0) is 15.8. The minimum atomic E-state index is 0.117. The SMILES string of the molecule is Cc1cnc(C(C)NC(C)c2sc(C(C)(C)C)nc2C)s1. The molecule has 0 amide bonds. The molecule has 0 aliphatic carbocycles. The van der Waals surface area contributed by atoms with E-state index in [1.165, 1.54) is 14.8 Å². The number of nitrogens with one attached hydrogen (secondary N) is 1. The number of aromatic nitrogens is 2. The number of rotatable bonds is 4. The van der Waals surface area contributed by atoms with Gasteiger partial charge in [0.1, 0.15) is 5.01 Å². The Hall–Kier alpha value is -0.780. The molecule has 3 nitrogen and oxygen atoms in total. The summed E-state index contributed by atoms with van der Waals surface area (Å²) in [5.74, 6) is 0. The minimum absolute atomic E-state index is 0.117. The lowest BCUT2D eigenvalue weighted by Crippen LogP contribution is -2.22. The predicted octanol–water partition coefficient (Wildman–Crippen LogP) is 4.93. The van der Waals surface area contributed by atoms with Crippen LogP contribution in [-0.4, -0.2) is 9.97 Å². The number of hydrogen-bond acceptors (Lipinski definition) is 5. The molecular formula is C16H25N3S2. The normalized spacial score (nSPS) is 15.2. The largest absolute Gasteiger partial charge is 0.301 e. The molecule has 0 radical (unpaired) electrons. The van der Waals surface area contributed by atoms with Crippen molar-refractivity contribution >= 4 is 22.7 Å². The van der Waals surface area contributed by atoms with Crippen molar-refractivity contribution in [2.24, 2.45) is 0 Å². The molecule has 0 fully saturated rings. The lowest BCUT2D eigenvalue weighted by Gasteiger charge is -2.18. The Morgan fingerprint density at radius 1 is 1.10 bits per heavy atom. The van der Waals surface area contributed by atoms with Crippen molar-refractivity contribution in [1.82, 2.24) is 15.3 Å². The lowest BCUT2D eigenvalue weighted by atomic mass is 9.98.